The fourth-order valence-corrected chi connectivity index (χ4v) is 5.86. The van der Waals surface area contributed by atoms with E-state index in [1.54, 1.807) is 0 Å². The van der Waals surface area contributed by atoms with E-state index in [0.717, 1.165) is 52.7 Å². The van der Waals surface area contributed by atoms with Crippen LogP contribution in [0.25, 0.3) is 0 Å². The molecule has 1 aromatic carbocycles. The lowest BCUT2D eigenvalue weighted by atomic mass is 9.54. The lowest BCUT2D eigenvalue weighted by molar-refractivity contribution is -0.0133. The van der Waals surface area contributed by atoms with Crippen LogP contribution in [0.1, 0.15) is 37.7 Å². The molecule has 1 nitrogen and oxygen atoms in total. The molecule has 4 saturated carbocycles. The predicted octanol–water partition coefficient (Wildman–Crippen LogP) is 4.95. The molecule has 0 unspecified atom stereocenters. The second-order valence-electron chi connectivity index (χ2n) is 7.40. The first kappa shape index (κ1) is 14.4. The molecule has 5 rings (SSSR count). The smallest absolute Gasteiger partial charge is 0.0453 e. The summed E-state index contributed by atoms with van der Waals surface area (Å²) in [5.41, 5.74) is 1.21. The molecule has 0 atom stereocenters. The molecule has 0 aromatic heterocycles. The Balaban J connectivity index is 1.35. The Kier molecular flexibility index (Phi) is 3.94. The molecule has 0 radical (unpaired) electrons. The van der Waals surface area contributed by atoms with Gasteiger partial charge in [-0.25, -0.2) is 0 Å². The van der Waals surface area contributed by atoms with E-state index in [-0.39, 0.29) is 0 Å². The van der Waals surface area contributed by atoms with Gasteiger partial charge in [0.15, 0.2) is 0 Å². The van der Waals surface area contributed by atoms with Gasteiger partial charge >= 0.3 is 0 Å². The third-order valence-corrected chi connectivity index (χ3v) is 6.60. The second-order valence-corrected chi connectivity index (χ2v) is 8.24. The van der Waals surface area contributed by atoms with Crippen LogP contribution < -0.4 is 5.32 Å². The molecule has 3 heteroatoms. The van der Waals surface area contributed by atoms with E-state index in [0.29, 0.717) is 0 Å². The first-order valence-corrected chi connectivity index (χ1v) is 9.12. The van der Waals surface area contributed by atoms with Crippen molar-refractivity contribution >= 4 is 23.2 Å². The van der Waals surface area contributed by atoms with Crippen LogP contribution in [0, 0.1) is 23.7 Å². The Labute approximate surface area is 137 Å². The number of benzene rings is 1. The summed E-state index contributed by atoms with van der Waals surface area (Å²) < 4.78 is 0. The van der Waals surface area contributed by atoms with E-state index in [1.807, 2.05) is 12.1 Å². The van der Waals surface area contributed by atoms with Crippen LogP contribution in [0.15, 0.2) is 18.2 Å². The van der Waals surface area contributed by atoms with E-state index in [9.17, 15) is 0 Å². The van der Waals surface area contributed by atoms with Crippen LogP contribution in [0.5, 0.6) is 0 Å². The standard InChI is InChI=1S/C18H23Cl2N/c19-16-2-1-13(17(20)10-16)3-4-21-18-14-6-11-5-12(8-14)9-15(18)7-11/h1-2,10-12,14-15,18,21H,3-9H2. The zero-order valence-electron chi connectivity index (χ0n) is 12.3. The molecule has 4 fully saturated rings. The summed E-state index contributed by atoms with van der Waals surface area (Å²) >= 11 is 12.2. The highest BCUT2D eigenvalue weighted by Crippen LogP contribution is 2.53. The molecule has 0 aliphatic heterocycles. The SMILES string of the molecule is Clc1ccc(CCNC2C3CC4CC(C3)CC2C4)c(Cl)c1. The van der Waals surface area contributed by atoms with Crippen LogP contribution in [0.3, 0.4) is 0 Å². The van der Waals surface area contributed by atoms with Gasteiger partial charge < -0.3 is 5.32 Å². The summed E-state index contributed by atoms with van der Waals surface area (Å²) in [6.45, 7) is 1.04. The summed E-state index contributed by atoms with van der Waals surface area (Å²) in [7, 11) is 0. The van der Waals surface area contributed by atoms with Crippen molar-refractivity contribution in [2.24, 2.45) is 23.7 Å². The van der Waals surface area contributed by atoms with E-state index < -0.39 is 0 Å². The fraction of sp³-hybridized carbons (Fsp3) is 0.667. The first-order valence-electron chi connectivity index (χ1n) is 8.36. The van der Waals surface area contributed by atoms with E-state index >= 15 is 0 Å². The van der Waals surface area contributed by atoms with E-state index in [4.69, 9.17) is 23.2 Å². The molecule has 4 bridgehead atoms. The Bertz CT molecular complexity index is 500. The minimum Gasteiger partial charge on any atom is -0.313 e. The number of rotatable bonds is 4. The molecular weight excluding hydrogens is 301 g/mol. The van der Waals surface area contributed by atoms with Crippen LogP contribution in [0.2, 0.25) is 10.0 Å². The van der Waals surface area contributed by atoms with Crippen LogP contribution in [0.4, 0.5) is 0 Å². The average Bonchev–Trinajstić information content (AvgIpc) is 2.43. The van der Waals surface area contributed by atoms with Crippen molar-refractivity contribution in [1.29, 1.82) is 0 Å². The molecule has 1 aromatic rings. The molecule has 114 valence electrons. The number of halogens is 2. The monoisotopic (exact) mass is 323 g/mol. The summed E-state index contributed by atoms with van der Waals surface area (Å²) in [5, 5.41) is 5.38. The quantitative estimate of drug-likeness (QED) is 0.826. The molecule has 0 amide bonds. The summed E-state index contributed by atoms with van der Waals surface area (Å²) in [6.07, 6.45) is 8.44. The van der Waals surface area contributed by atoms with E-state index in [1.165, 1.54) is 37.7 Å². The molecule has 0 saturated heterocycles. The van der Waals surface area contributed by atoms with Crippen molar-refractivity contribution in [2.75, 3.05) is 6.54 Å². The zero-order chi connectivity index (χ0) is 14.4. The highest BCUT2D eigenvalue weighted by Gasteiger charge is 2.47. The van der Waals surface area contributed by atoms with Gasteiger partial charge in [-0.15, -0.1) is 0 Å². The van der Waals surface area contributed by atoms with Gasteiger partial charge in [0.25, 0.3) is 0 Å². The van der Waals surface area contributed by atoms with Gasteiger partial charge in [-0.3, -0.25) is 0 Å². The Morgan fingerprint density at radius 2 is 1.62 bits per heavy atom. The van der Waals surface area contributed by atoms with Gasteiger partial charge in [0.05, 0.1) is 0 Å². The van der Waals surface area contributed by atoms with Gasteiger partial charge in [-0.2, -0.15) is 0 Å². The minimum absolute atomic E-state index is 0.720. The van der Waals surface area contributed by atoms with Gasteiger partial charge in [-0.05, 0) is 86.4 Å². The highest BCUT2D eigenvalue weighted by molar-refractivity contribution is 6.35. The van der Waals surface area contributed by atoms with Crippen molar-refractivity contribution in [2.45, 2.75) is 44.6 Å². The molecular formula is C18H23Cl2N. The number of hydrogen-bond donors (Lipinski definition) is 1. The Hall–Kier alpha value is -0.240. The van der Waals surface area contributed by atoms with Crippen LogP contribution in [-0.4, -0.2) is 12.6 Å². The van der Waals surface area contributed by atoms with E-state index in [2.05, 4.69) is 11.4 Å². The summed E-state index contributed by atoms with van der Waals surface area (Å²) in [4.78, 5) is 0. The van der Waals surface area contributed by atoms with Gasteiger partial charge in [0.1, 0.15) is 0 Å². The maximum absolute atomic E-state index is 6.26. The van der Waals surface area contributed by atoms with Gasteiger partial charge in [0.2, 0.25) is 0 Å². The molecule has 0 heterocycles. The normalized spacial score (nSPS) is 37.1. The third-order valence-electron chi connectivity index (χ3n) is 6.02. The summed E-state index contributed by atoms with van der Waals surface area (Å²) in [5.74, 6) is 4.00. The molecule has 0 spiro atoms. The number of nitrogens with one attached hydrogen (secondary N) is 1. The predicted molar refractivity (Wildman–Crippen MR) is 89.0 cm³/mol. The van der Waals surface area contributed by atoms with Gasteiger partial charge in [0, 0.05) is 16.1 Å². The summed E-state index contributed by atoms with van der Waals surface area (Å²) in [6, 6.07) is 6.61. The van der Waals surface area contributed by atoms with Crippen LogP contribution >= 0.6 is 23.2 Å². The van der Waals surface area contributed by atoms with Crippen LogP contribution in [-0.2, 0) is 6.42 Å². The molecule has 4 aliphatic carbocycles. The lowest BCUT2D eigenvalue weighted by Gasteiger charge is -2.54. The third kappa shape index (κ3) is 2.85. The minimum atomic E-state index is 0.720. The van der Waals surface area contributed by atoms with Crippen molar-refractivity contribution in [3.05, 3.63) is 33.8 Å². The van der Waals surface area contributed by atoms with Crippen molar-refractivity contribution in [3.63, 3.8) is 0 Å². The lowest BCUT2D eigenvalue weighted by Crippen LogP contribution is -2.54. The number of hydrogen-bond acceptors (Lipinski definition) is 1. The van der Waals surface area contributed by atoms with Gasteiger partial charge in [-0.1, -0.05) is 29.3 Å². The maximum atomic E-state index is 6.26. The largest absolute Gasteiger partial charge is 0.313 e. The fourth-order valence-electron chi connectivity index (χ4n) is 5.36. The second kappa shape index (κ2) is 5.76. The van der Waals surface area contributed by atoms with Crippen molar-refractivity contribution in [3.8, 4) is 0 Å². The topological polar surface area (TPSA) is 12.0 Å². The maximum Gasteiger partial charge on any atom is 0.0453 e. The Morgan fingerprint density at radius 1 is 0.952 bits per heavy atom. The zero-order valence-corrected chi connectivity index (χ0v) is 13.8. The molecule has 4 aliphatic rings. The van der Waals surface area contributed by atoms with Crippen molar-refractivity contribution < 1.29 is 0 Å². The Morgan fingerprint density at radius 3 is 2.24 bits per heavy atom. The van der Waals surface area contributed by atoms with Crippen molar-refractivity contribution in [1.82, 2.24) is 5.32 Å². The first-order chi connectivity index (χ1) is 10.2. The molecule has 21 heavy (non-hydrogen) atoms. The average molecular weight is 324 g/mol. The highest BCUT2D eigenvalue weighted by atomic mass is 35.5. The molecule has 1 N–H and O–H groups in total.